The second-order valence-electron chi connectivity index (χ2n) is 6.51. The summed E-state index contributed by atoms with van der Waals surface area (Å²) >= 11 is 23.9. The molecular formula is C22H16Cl4N2O3. The summed E-state index contributed by atoms with van der Waals surface area (Å²) in [5, 5.41) is 7.03. The van der Waals surface area contributed by atoms with E-state index in [1.807, 2.05) is 0 Å². The van der Waals surface area contributed by atoms with Crippen LogP contribution >= 0.6 is 46.4 Å². The van der Waals surface area contributed by atoms with E-state index < -0.39 is 6.10 Å². The summed E-state index contributed by atoms with van der Waals surface area (Å²) in [4.78, 5) is 24.8. The van der Waals surface area contributed by atoms with Crippen molar-refractivity contribution in [2.75, 3.05) is 10.6 Å². The van der Waals surface area contributed by atoms with Crippen LogP contribution < -0.4 is 15.4 Å². The molecule has 0 saturated carbocycles. The van der Waals surface area contributed by atoms with Gasteiger partial charge in [-0.15, -0.1) is 0 Å². The van der Waals surface area contributed by atoms with Gasteiger partial charge in [-0.1, -0.05) is 46.4 Å². The fraction of sp³-hybridized carbons (Fsp3) is 0.0909. The predicted molar refractivity (Wildman–Crippen MR) is 126 cm³/mol. The molecule has 0 aliphatic carbocycles. The molecule has 3 aromatic rings. The lowest BCUT2D eigenvalue weighted by Crippen LogP contribution is -2.30. The number of hydrogen-bond donors (Lipinski definition) is 2. The van der Waals surface area contributed by atoms with Crippen LogP contribution in [-0.4, -0.2) is 17.9 Å². The zero-order valence-corrected chi connectivity index (χ0v) is 19.1. The normalized spacial score (nSPS) is 11.5. The maximum Gasteiger partial charge on any atom is 0.265 e. The van der Waals surface area contributed by atoms with Gasteiger partial charge in [0.2, 0.25) is 0 Å². The maximum absolute atomic E-state index is 12.4. The Labute approximate surface area is 199 Å². The van der Waals surface area contributed by atoms with Gasteiger partial charge >= 0.3 is 0 Å². The number of amides is 2. The zero-order chi connectivity index (χ0) is 22.5. The second-order valence-corrected chi connectivity index (χ2v) is 8.23. The highest BCUT2D eigenvalue weighted by atomic mass is 35.5. The molecule has 0 fully saturated rings. The molecule has 3 aromatic carbocycles. The first kappa shape index (κ1) is 23.2. The number of benzene rings is 3. The van der Waals surface area contributed by atoms with Crippen LogP contribution in [0.3, 0.4) is 0 Å². The average molecular weight is 498 g/mol. The summed E-state index contributed by atoms with van der Waals surface area (Å²) in [6.45, 7) is 1.60. The molecule has 3 rings (SSSR count). The van der Waals surface area contributed by atoms with Crippen molar-refractivity contribution in [2.45, 2.75) is 13.0 Å². The van der Waals surface area contributed by atoms with E-state index in [0.29, 0.717) is 42.8 Å². The summed E-state index contributed by atoms with van der Waals surface area (Å²) in [7, 11) is 0. The molecule has 1 atom stereocenters. The van der Waals surface area contributed by atoms with Crippen LogP contribution in [0.5, 0.6) is 5.75 Å². The molecule has 31 heavy (non-hydrogen) atoms. The van der Waals surface area contributed by atoms with Gasteiger partial charge < -0.3 is 15.4 Å². The molecule has 0 aliphatic heterocycles. The number of anilines is 2. The molecule has 2 amide bonds. The van der Waals surface area contributed by atoms with Gasteiger partial charge in [-0.3, -0.25) is 9.59 Å². The molecule has 9 heteroatoms. The Kier molecular flexibility index (Phi) is 7.68. The largest absolute Gasteiger partial charge is 0.481 e. The van der Waals surface area contributed by atoms with Gasteiger partial charge in [0, 0.05) is 26.3 Å². The molecule has 0 spiro atoms. The minimum Gasteiger partial charge on any atom is -0.481 e. The average Bonchev–Trinajstić information content (AvgIpc) is 2.70. The van der Waals surface area contributed by atoms with Gasteiger partial charge in [0.25, 0.3) is 11.8 Å². The molecule has 0 saturated heterocycles. The fourth-order valence-electron chi connectivity index (χ4n) is 2.60. The van der Waals surface area contributed by atoms with Gasteiger partial charge in [0.1, 0.15) is 5.75 Å². The Hall–Kier alpha value is -2.44. The van der Waals surface area contributed by atoms with E-state index in [1.165, 1.54) is 0 Å². The van der Waals surface area contributed by atoms with Crippen molar-refractivity contribution in [3.05, 3.63) is 86.3 Å². The van der Waals surface area contributed by atoms with Gasteiger partial charge in [-0.2, -0.15) is 0 Å². The first-order chi connectivity index (χ1) is 14.7. The van der Waals surface area contributed by atoms with E-state index >= 15 is 0 Å². The fourth-order valence-corrected chi connectivity index (χ4v) is 3.46. The highest BCUT2D eigenvalue weighted by Gasteiger charge is 2.16. The molecule has 0 heterocycles. The van der Waals surface area contributed by atoms with Crippen LogP contribution in [0.1, 0.15) is 17.3 Å². The Morgan fingerprint density at radius 3 is 2.10 bits per heavy atom. The molecule has 0 bridgehead atoms. The van der Waals surface area contributed by atoms with Crippen LogP contribution in [0.2, 0.25) is 20.1 Å². The van der Waals surface area contributed by atoms with E-state index in [0.717, 1.165) is 0 Å². The lowest BCUT2D eigenvalue weighted by atomic mass is 10.2. The summed E-state index contributed by atoms with van der Waals surface area (Å²) in [6.07, 6.45) is -0.803. The molecular weight excluding hydrogens is 482 g/mol. The van der Waals surface area contributed by atoms with Crippen molar-refractivity contribution in [3.8, 4) is 5.75 Å². The second kappa shape index (κ2) is 10.2. The Balaban J connectivity index is 1.61. The smallest absolute Gasteiger partial charge is 0.265 e. The minimum absolute atomic E-state index is 0.362. The van der Waals surface area contributed by atoms with Crippen molar-refractivity contribution in [3.63, 3.8) is 0 Å². The van der Waals surface area contributed by atoms with Crippen LogP contribution in [-0.2, 0) is 4.79 Å². The monoisotopic (exact) mass is 496 g/mol. The van der Waals surface area contributed by atoms with Gasteiger partial charge in [0.15, 0.2) is 6.10 Å². The number of nitrogens with one attached hydrogen (secondary N) is 2. The summed E-state index contributed by atoms with van der Waals surface area (Å²) in [5.74, 6) is -0.320. The van der Waals surface area contributed by atoms with Crippen LogP contribution in [0.15, 0.2) is 60.7 Å². The van der Waals surface area contributed by atoms with Crippen molar-refractivity contribution in [2.24, 2.45) is 0 Å². The van der Waals surface area contributed by atoms with Crippen LogP contribution in [0, 0.1) is 0 Å². The molecule has 1 unspecified atom stereocenters. The van der Waals surface area contributed by atoms with E-state index in [9.17, 15) is 9.59 Å². The quantitative estimate of drug-likeness (QED) is 0.386. The molecule has 2 N–H and O–H groups in total. The maximum atomic E-state index is 12.4. The lowest BCUT2D eigenvalue weighted by molar-refractivity contribution is -0.122. The molecule has 0 aliphatic rings. The van der Waals surface area contributed by atoms with Crippen molar-refractivity contribution >= 4 is 69.6 Å². The first-order valence-electron chi connectivity index (χ1n) is 9.01. The third-order valence-electron chi connectivity index (χ3n) is 4.11. The summed E-state index contributed by atoms with van der Waals surface area (Å²) < 4.78 is 5.65. The number of carbonyl (C=O) groups is 2. The molecule has 0 radical (unpaired) electrons. The third-order valence-corrected chi connectivity index (χ3v) is 5.11. The summed E-state index contributed by atoms with van der Waals surface area (Å²) in [5.41, 5.74) is 1.25. The van der Waals surface area contributed by atoms with E-state index in [4.69, 9.17) is 51.1 Å². The third kappa shape index (κ3) is 6.52. The van der Waals surface area contributed by atoms with Crippen LogP contribution in [0.4, 0.5) is 11.4 Å². The molecule has 0 aromatic heterocycles. The van der Waals surface area contributed by atoms with Crippen molar-refractivity contribution in [1.82, 2.24) is 0 Å². The molecule has 5 nitrogen and oxygen atoms in total. The minimum atomic E-state index is -0.803. The van der Waals surface area contributed by atoms with E-state index in [2.05, 4.69) is 10.6 Å². The van der Waals surface area contributed by atoms with Crippen LogP contribution in [0.25, 0.3) is 0 Å². The van der Waals surface area contributed by atoms with Gasteiger partial charge in [-0.25, -0.2) is 0 Å². The number of hydrogen-bond acceptors (Lipinski definition) is 3. The highest BCUT2D eigenvalue weighted by Crippen LogP contribution is 2.26. The van der Waals surface area contributed by atoms with Crippen molar-refractivity contribution in [1.29, 1.82) is 0 Å². The molecule has 160 valence electrons. The Morgan fingerprint density at radius 1 is 0.806 bits per heavy atom. The van der Waals surface area contributed by atoms with Gasteiger partial charge in [0.05, 0.1) is 10.7 Å². The zero-order valence-electron chi connectivity index (χ0n) is 16.1. The van der Waals surface area contributed by atoms with E-state index in [1.54, 1.807) is 67.6 Å². The highest BCUT2D eigenvalue weighted by molar-refractivity contribution is 6.36. The van der Waals surface area contributed by atoms with Crippen molar-refractivity contribution < 1.29 is 14.3 Å². The predicted octanol–water partition coefficient (Wildman–Crippen LogP) is 6.96. The van der Waals surface area contributed by atoms with Gasteiger partial charge in [-0.05, 0) is 67.6 Å². The Bertz CT molecular complexity index is 1100. The SMILES string of the molecule is CC(Oc1ccc(C(=O)Nc2cc(Cl)ccc2Cl)cc1)C(=O)Nc1cc(Cl)cc(Cl)c1. The number of halogens is 4. The topological polar surface area (TPSA) is 67.4 Å². The number of ether oxygens (including phenoxy) is 1. The standard InChI is InChI=1S/C22H16Cl4N2O3/c1-12(21(29)27-17-9-15(24)8-16(25)10-17)31-18-5-2-13(3-6-18)22(30)28-20-11-14(23)4-7-19(20)26/h2-12H,1H3,(H,27,29)(H,28,30). The summed E-state index contributed by atoms with van der Waals surface area (Å²) in [6, 6.07) is 15.8. The number of rotatable bonds is 6. The number of carbonyl (C=O) groups excluding carboxylic acids is 2. The lowest BCUT2D eigenvalue weighted by Gasteiger charge is -2.15. The van der Waals surface area contributed by atoms with E-state index in [-0.39, 0.29) is 11.8 Å². The Morgan fingerprint density at radius 2 is 1.45 bits per heavy atom. The first-order valence-corrected chi connectivity index (χ1v) is 10.5.